The minimum Gasteiger partial charge on any atom is -0.444 e. The average molecular weight is 762 g/mol. The van der Waals surface area contributed by atoms with Crippen LogP contribution in [-0.2, 0) is 36.3 Å². The zero-order chi connectivity index (χ0) is 39.0. The Kier molecular flexibility index (Phi) is 15.0. The van der Waals surface area contributed by atoms with Crippen LogP contribution in [0.3, 0.4) is 0 Å². The maximum absolute atomic E-state index is 11.7. The fourth-order valence-corrected chi connectivity index (χ4v) is 8.65. The van der Waals surface area contributed by atoms with Crippen molar-refractivity contribution in [2.75, 3.05) is 39.3 Å². The molecular formula is C38H55N3O9S2. The Labute approximate surface area is 310 Å². The summed E-state index contributed by atoms with van der Waals surface area (Å²) >= 11 is 0. The number of fused-ring (bicyclic) bond motifs is 2. The second-order valence-electron chi connectivity index (χ2n) is 14.7. The van der Waals surface area contributed by atoms with Gasteiger partial charge in [0.25, 0.3) is 20.2 Å². The number of nitrogens with one attached hydrogen (secondary N) is 1. The van der Waals surface area contributed by atoms with Crippen molar-refractivity contribution in [2.45, 2.75) is 96.5 Å². The van der Waals surface area contributed by atoms with Crippen LogP contribution in [0.1, 0.15) is 59.7 Å². The number of alkyl carbamates (subject to hydrolysis) is 1. The molecule has 0 aromatic heterocycles. The molecule has 0 radical (unpaired) electrons. The number of hydrogen-bond acceptors (Lipinski definition) is 9. The number of carbonyl (C=O) groups is 1. The summed E-state index contributed by atoms with van der Waals surface area (Å²) in [6.07, 6.45) is 0.139. The van der Waals surface area contributed by atoms with Crippen molar-refractivity contribution in [3.63, 3.8) is 0 Å². The maximum Gasteiger partial charge on any atom is 0.407 e. The van der Waals surface area contributed by atoms with Crippen LogP contribution in [0, 0.1) is 41.5 Å². The molecule has 12 nitrogen and oxygen atoms in total. The molecule has 2 heterocycles. The molecule has 2 fully saturated rings. The highest BCUT2D eigenvalue weighted by molar-refractivity contribution is 7.86. The lowest BCUT2D eigenvalue weighted by Crippen LogP contribution is -2.59. The molecule has 0 saturated carbocycles. The predicted molar refractivity (Wildman–Crippen MR) is 202 cm³/mol. The zero-order valence-corrected chi connectivity index (χ0v) is 33.4. The van der Waals surface area contributed by atoms with E-state index in [9.17, 15) is 21.6 Å². The molecule has 3 aromatic carbocycles. The van der Waals surface area contributed by atoms with Crippen LogP contribution >= 0.6 is 0 Å². The Balaban J connectivity index is 0.000000235. The van der Waals surface area contributed by atoms with Crippen molar-refractivity contribution in [1.29, 1.82) is 0 Å². The number of amides is 1. The van der Waals surface area contributed by atoms with Gasteiger partial charge in [0, 0.05) is 45.8 Å². The van der Waals surface area contributed by atoms with Crippen molar-refractivity contribution in [3.8, 4) is 0 Å². The van der Waals surface area contributed by atoms with Crippen LogP contribution in [0.25, 0.3) is 0 Å². The third-order valence-electron chi connectivity index (χ3n) is 8.30. The van der Waals surface area contributed by atoms with Gasteiger partial charge in [-0.15, -0.1) is 0 Å². The fourth-order valence-electron chi connectivity index (χ4n) is 6.79. The van der Waals surface area contributed by atoms with E-state index in [-0.39, 0.29) is 28.1 Å². The Hall–Kier alpha value is -3.37. The number of benzene rings is 3. The summed E-state index contributed by atoms with van der Waals surface area (Å²) in [5.74, 6) is 0. The second kappa shape index (κ2) is 18.1. The molecule has 52 heavy (non-hydrogen) atoms. The molecule has 2 unspecified atom stereocenters. The SMILES string of the molecule is CC(C)(C)OC(=O)NCCN1CC2CN(Cc3ccccc3)CC(C1)O2.Cc1cc(C)c(S(=O)(=O)O)c(C)c1.Cc1cc(C)c(S(=O)(=O)O)c(C)c1. The van der Waals surface area contributed by atoms with Gasteiger partial charge in [-0.25, -0.2) is 4.79 Å². The number of hydrogen-bond donors (Lipinski definition) is 3. The molecule has 288 valence electrons. The van der Waals surface area contributed by atoms with E-state index in [1.807, 2.05) is 34.6 Å². The number of rotatable bonds is 7. The minimum atomic E-state index is -4.08. The topological polar surface area (TPSA) is 163 Å². The Morgan fingerprint density at radius 1 is 0.750 bits per heavy atom. The van der Waals surface area contributed by atoms with Crippen LogP contribution in [-0.4, -0.2) is 98.9 Å². The highest BCUT2D eigenvalue weighted by atomic mass is 32.2. The van der Waals surface area contributed by atoms with E-state index in [1.165, 1.54) is 5.56 Å². The third-order valence-corrected chi connectivity index (χ3v) is 10.6. The number of aryl methyl sites for hydroxylation is 6. The summed E-state index contributed by atoms with van der Waals surface area (Å²) in [5.41, 5.74) is 5.21. The van der Waals surface area contributed by atoms with E-state index in [0.717, 1.165) is 50.4 Å². The normalized spacial score (nSPS) is 18.0. The second-order valence-corrected chi connectivity index (χ2v) is 17.4. The Morgan fingerprint density at radius 2 is 1.15 bits per heavy atom. The molecule has 2 saturated heterocycles. The van der Waals surface area contributed by atoms with E-state index in [1.54, 1.807) is 52.0 Å². The quantitative estimate of drug-likeness (QED) is 0.249. The van der Waals surface area contributed by atoms with Crippen LogP contribution < -0.4 is 5.32 Å². The predicted octanol–water partition coefficient (Wildman–Crippen LogP) is 5.81. The van der Waals surface area contributed by atoms with E-state index in [4.69, 9.17) is 18.6 Å². The number of nitrogens with zero attached hydrogens (tertiary/aromatic N) is 2. The molecule has 0 spiro atoms. The standard InChI is InChI=1S/C20H31N3O3.2C9H12O3S/c1-20(2,3)26-19(24)21-9-10-22-12-17-14-23(15-18(13-22)25-17)11-16-7-5-4-6-8-16;2*1-6-4-7(2)9(8(3)5-6)13(10,11)12/h4-8,17-18H,9-15H2,1-3H3,(H,21,24);2*4-5H,1-3H3,(H,10,11,12). The van der Waals surface area contributed by atoms with E-state index in [0.29, 0.717) is 28.8 Å². The summed E-state index contributed by atoms with van der Waals surface area (Å²) in [4.78, 5) is 16.7. The van der Waals surface area contributed by atoms with Gasteiger partial charge >= 0.3 is 6.09 Å². The van der Waals surface area contributed by atoms with E-state index >= 15 is 0 Å². The van der Waals surface area contributed by atoms with Crippen molar-refractivity contribution in [1.82, 2.24) is 15.1 Å². The third kappa shape index (κ3) is 13.9. The Bertz CT molecular complexity index is 1750. The van der Waals surface area contributed by atoms with E-state index < -0.39 is 25.8 Å². The van der Waals surface area contributed by atoms with Gasteiger partial charge in [0.15, 0.2) is 0 Å². The molecule has 2 aliphatic heterocycles. The molecule has 2 atom stereocenters. The van der Waals surface area contributed by atoms with Gasteiger partial charge in [0.2, 0.25) is 0 Å². The molecule has 5 rings (SSSR count). The van der Waals surface area contributed by atoms with Gasteiger partial charge in [-0.1, -0.05) is 65.7 Å². The van der Waals surface area contributed by atoms with Crippen LogP contribution in [0.5, 0.6) is 0 Å². The van der Waals surface area contributed by atoms with Gasteiger partial charge in [0.05, 0.1) is 22.0 Å². The first-order valence-corrected chi connectivity index (χ1v) is 20.1. The molecule has 2 bridgehead atoms. The maximum atomic E-state index is 11.7. The van der Waals surface area contributed by atoms with Crippen molar-refractivity contribution in [2.24, 2.45) is 0 Å². The van der Waals surface area contributed by atoms with Crippen LogP contribution in [0.2, 0.25) is 0 Å². The van der Waals surface area contributed by atoms with Gasteiger partial charge in [-0.3, -0.25) is 18.9 Å². The molecule has 3 aromatic rings. The lowest BCUT2D eigenvalue weighted by atomic mass is 10.1. The van der Waals surface area contributed by atoms with Gasteiger partial charge in [0.1, 0.15) is 5.60 Å². The summed E-state index contributed by atoms with van der Waals surface area (Å²) < 4.78 is 73.0. The van der Waals surface area contributed by atoms with Crippen molar-refractivity contribution < 1.29 is 40.2 Å². The lowest BCUT2D eigenvalue weighted by Gasteiger charge is -2.46. The highest BCUT2D eigenvalue weighted by Gasteiger charge is 2.34. The monoisotopic (exact) mass is 761 g/mol. The van der Waals surface area contributed by atoms with Crippen LogP contribution in [0.15, 0.2) is 64.4 Å². The van der Waals surface area contributed by atoms with Crippen molar-refractivity contribution >= 4 is 26.3 Å². The molecule has 3 N–H and O–H groups in total. The minimum absolute atomic E-state index is 0.0260. The first-order valence-electron chi connectivity index (χ1n) is 17.2. The molecule has 2 aliphatic rings. The number of carbonyl (C=O) groups excluding carboxylic acids is 1. The Morgan fingerprint density at radius 3 is 1.54 bits per heavy atom. The first-order chi connectivity index (χ1) is 24.0. The molecule has 14 heteroatoms. The van der Waals surface area contributed by atoms with Gasteiger partial charge in [-0.2, -0.15) is 16.8 Å². The molecule has 1 amide bonds. The number of morpholine rings is 2. The smallest absolute Gasteiger partial charge is 0.407 e. The summed E-state index contributed by atoms with van der Waals surface area (Å²) in [5, 5.41) is 2.84. The summed E-state index contributed by atoms with van der Waals surface area (Å²) in [6, 6.07) is 17.5. The first kappa shape index (κ1) is 43.0. The average Bonchev–Trinajstić information content (AvgIpc) is 2.94. The highest BCUT2D eigenvalue weighted by Crippen LogP contribution is 2.23. The molecular weight excluding hydrogens is 707 g/mol. The lowest BCUT2D eigenvalue weighted by molar-refractivity contribution is -0.139. The van der Waals surface area contributed by atoms with Crippen molar-refractivity contribution in [3.05, 3.63) is 93.5 Å². The van der Waals surface area contributed by atoms with E-state index in [2.05, 4.69) is 45.4 Å². The summed E-state index contributed by atoms with van der Waals surface area (Å²) in [6.45, 7) is 22.2. The number of ether oxygens (including phenoxy) is 2. The molecule has 0 aliphatic carbocycles. The largest absolute Gasteiger partial charge is 0.444 e. The zero-order valence-electron chi connectivity index (χ0n) is 31.8. The van der Waals surface area contributed by atoms with Gasteiger partial charge in [-0.05, 0) is 90.1 Å². The fraction of sp³-hybridized carbons (Fsp3) is 0.500. The van der Waals surface area contributed by atoms with Gasteiger partial charge < -0.3 is 14.8 Å². The van der Waals surface area contributed by atoms with Crippen LogP contribution in [0.4, 0.5) is 4.79 Å². The summed E-state index contributed by atoms with van der Waals surface area (Å²) in [7, 11) is -8.16.